The minimum absolute atomic E-state index is 0.0295. The van der Waals surface area contributed by atoms with Crippen LogP contribution in [-0.4, -0.2) is 62.0 Å². The Morgan fingerprint density at radius 2 is 1.70 bits per heavy atom. The number of nitrogens with one attached hydrogen (secondary N) is 1. The van der Waals surface area contributed by atoms with E-state index >= 15 is 0 Å². The fourth-order valence-electron chi connectivity index (χ4n) is 9.32. The second-order valence-corrected chi connectivity index (χ2v) is 12.6. The highest BCUT2D eigenvalue weighted by Crippen LogP contribution is 2.71. The van der Waals surface area contributed by atoms with Crippen molar-refractivity contribution in [3.8, 4) is 5.75 Å². The van der Waals surface area contributed by atoms with Gasteiger partial charge in [0.15, 0.2) is 0 Å². The number of phenols is 1. The summed E-state index contributed by atoms with van der Waals surface area (Å²) in [6, 6.07) is 6.26. The molecular formula is C29H42N2O6. The first-order valence-corrected chi connectivity index (χ1v) is 14.6. The Hall–Kier alpha value is -1.26. The van der Waals surface area contributed by atoms with Gasteiger partial charge in [-0.15, -0.1) is 0 Å². The molecule has 1 aromatic rings. The Balaban J connectivity index is 1.09. The van der Waals surface area contributed by atoms with E-state index in [4.69, 9.17) is 24.3 Å². The Morgan fingerprint density at radius 1 is 0.973 bits per heavy atom. The topological polar surface area (TPSA) is 81.7 Å². The van der Waals surface area contributed by atoms with E-state index in [9.17, 15) is 5.11 Å². The van der Waals surface area contributed by atoms with Crippen LogP contribution in [-0.2, 0) is 30.8 Å². The van der Waals surface area contributed by atoms with Gasteiger partial charge in [0, 0.05) is 50.1 Å². The molecule has 2 spiro atoms. The maximum atomic E-state index is 10.6. The largest absolute Gasteiger partial charge is 0.508 e. The van der Waals surface area contributed by atoms with Crippen molar-refractivity contribution in [2.75, 3.05) is 46.2 Å². The van der Waals surface area contributed by atoms with E-state index in [2.05, 4.69) is 22.3 Å². The van der Waals surface area contributed by atoms with E-state index < -0.39 is 5.79 Å². The first-order valence-electron chi connectivity index (χ1n) is 14.6. The molecule has 2 heterocycles. The summed E-state index contributed by atoms with van der Waals surface area (Å²) in [4.78, 5) is 25.6. The molecule has 7 fully saturated rings. The van der Waals surface area contributed by atoms with Gasteiger partial charge in [-0.1, -0.05) is 12.1 Å². The summed E-state index contributed by atoms with van der Waals surface area (Å²) in [7, 11) is 0. The van der Waals surface area contributed by atoms with Crippen molar-refractivity contribution in [2.24, 2.45) is 29.1 Å². The van der Waals surface area contributed by atoms with Crippen molar-refractivity contribution >= 4 is 0 Å². The molecule has 2 saturated heterocycles. The van der Waals surface area contributed by atoms with Crippen LogP contribution in [0.25, 0.3) is 0 Å². The SMILES string of the molecule is Oc1ccc(C2CCC3(OOCOO3)C3(C2)C2CC4CC(C2)CC3C4)cc1CNCCN1CCOCC1. The lowest BCUT2D eigenvalue weighted by molar-refractivity contribution is -0.629. The van der Waals surface area contributed by atoms with Crippen LogP contribution in [0.4, 0.5) is 0 Å². The zero-order chi connectivity index (χ0) is 24.9. The van der Waals surface area contributed by atoms with Crippen molar-refractivity contribution in [3.05, 3.63) is 29.3 Å². The molecule has 2 aliphatic heterocycles. The zero-order valence-electron chi connectivity index (χ0n) is 21.9. The average Bonchev–Trinajstić information content (AvgIpc) is 2.92. The van der Waals surface area contributed by atoms with Crippen LogP contribution in [0, 0.1) is 29.1 Å². The van der Waals surface area contributed by atoms with Crippen LogP contribution in [0.1, 0.15) is 68.4 Å². The molecule has 5 saturated carbocycles. The highest BCUT2D eigenvalue weighted by Gasteiger charge is 2.71. The fourth-order valence-corrected chi connectivity index (χ4v) is 9.32. The Kier molecular flexibility index (Phi) is 6.72. The maximum Gasteiger partial charge on any atom is 0.240 e. The number of aromatic hydroxyl groups is 1. The standard InChI is InChI=1S/C29H42N2O6/c32-27-2-1-22(16-24(27)18-30-5-6-31-7-9-33-10-8-31)23-3-4-29(36-34-19-35-37-29)28(17-23)25-12-20-11-21(14-25)15-26(28)13-20/h1-2,16,20-21,23,25-26,30,32H,3-15,17-19H2. The number of morpholine rings is 1. The van der Waals surface area contributed by atoms with Crippen LogP contribution in [0.2, 0.25) is 0 Å². The number of phenolic OH excluding ortho intramolecular Hbond substituents is 1. The summed E-state index contributed by atoms with van der Waals surface area (Å²) in [5.41, 5.74) is 2.22. The molecule has 0 amide bonds. The molecular weight excluding hydrogens is 472 g/mol. The monoisotopic (exact) mass is 514 g/mol. The van der Waals surface area contributed by atoms with Crippen molar-refractivity contribution in [1.82, 2.24) is 10.2 Å². The van der Waals surface area contributed by atoms with Gasteiger partial charge < -0.3 is 15.2 Å². The van der Waals surface area contributed by atoms with E-state index in [1.54, 1.807) is 0 Å². The Labute approximate surface area is 219 Å². The molecule has 7 aliphatic rings. The minimum atomic E-state index is -0.800. The van der Waals surface area contributed by atoms with E-state index in [1.165, 1.54) is 37.7 Å². The highest BCUT2D eigenvalue weighted by atomic mass is 17.4. The molecule has 2 N–H and O–H groups in total. The molecule has 1 aromatic carbocycles. The summed E-state index contributed by atoms with van der Waals surface area (Å²) in [5.74, 6) is 2.89. The number of benzene rings is 1. The van der Waals surface area contributed by atoms with Crippen molar-refractivity contribution < 1.29 is 29.4 Å². The number of ether oxygens (including phenoxy) is 1. The molecule has 8 rings (SSSR count). The van der Waals surface area contributed by atoms with Crippen LogP contribution in [0.3, 0.4) is 0 Å². The third-order valence-corrected chi connectivity index (χ3v) is 10.8. The van der Waals surface area contributed by atoms with E-state index in [0.717, 1.165) is 76.1 Å². The first-order chi connectivity index (χ1) is 18.2. The van der Waals surface area contributed by atoms with Gasteiger partial charge >= 0.3 is 0 Å². The Bertz CT molecular complexity index is 932. The summed E-state index contributed by atoms with van der Waals surface area (Å²) in [5, 5.41) is 14.2. The van der Waals surface area contributed by atoms with Crippen molar-refractivity contribution in [3.63, 3.8) is 0 Å². The summed E-state index contributed by atoms with van der Waals surface area (Å²) < 4.78 is 5.45. The molecule has 4 bridgehead atoms. The smallest absolute Gasteiger partial charge is 0.240 e. The predicted molar refractivity (Wildman–Crippen MR) is 135 cm³/mol. The summed E-state index contributed by atoms with van der Waals surface area (Å²) in [6.07, 6.45) is 9.29. The lowest BCUT2D eigenvalue weighted by Gasteiger charge is -2.68. The van der Waals surface area contributed by atoms with Gasteiger partial charge in [0.25, 0.3) is 0 Å². The van der Waals surface area contributed by atoms with E-state index in [-0.39, 0.29) is 12.2 Å². The van der Waals surface area contributed by atoms with Gasteiger partial charge in [0.1, 0.15) is 5.75 Å². The summed E-state index contributed by atoms with van der Waals surface area (Å²) >= 11 is 0. The van der Waals surface area contributed by atoms with Crippen LogP contribution in [0.15, 0.2) is 18.2 Å². The quantitative estimate of drug-likeness (QED) is 0.434. The number of hydrogen-bond donors (Lipinski definition) is 2. The second-order valence-electron chi connectivity index (χ2n) is 12.6. The lowest BCUT2D eigenvalue weighted by atomic mass is 9.40. The first kappa shape index (κ1) is 24.8. The third-order valence-electron chi connectivity index (χ3n) is 10.8. The van der Waals surface area contributed by atoms with Crippen LogP contribution in [0.5, 0.6) is 5.75 Å². The highest BCUT2D eigenvalue weighted by molar-refractivity contribution is 5.38. The summed E-state index contributed by atoms with van der Waals surface area (Å²) in [6.45, 7) is 6.26. The zero-order valence-corrected chi connectivity index (χ0v) is 21.9. The normalized spacial score (nSPS) is 39.0. The molecule has 0 radical (unpaired) electrons. The molecule has 1 atom stereocenters. The molecule has 204 valence electrons. The van der Waals surface area contributed by atoms with E-state index in [1.807, 2.05) is 6.07 Å². The van der Waals surface area contributed by atoms with Gasteiger partial charge in [0.05, 0.1) is 13.2 Å². The molecule has 1 unspecified atom stereocenters. The fraction of sp³-hybridized carbons (Fsp3) is 0.793. The average molecular weight is 515 g/mol. The van der Waals surface area contributed by atoms with Gasteiger partial charge in [-0.05, 0) is 86.2 Å². The molecule has 37 heavy (non-hydrogen) atoms. The minimum Gasteiger partial charge on any atom is -0.508 e. The molecule has 8 heteroatoms. The van der Waals surface area contributed by atoms with E-state index in [0.29, 0.717) is 30.0 Å². The van der Waals surface area contributed by atoms with Gasteiger partial charge in [-0.2, -0.15) is 9.78 Å². The number of nitrogens with zero attached hydrogens (tertiary/aromatic N) is 1. The second kappa shape index (κ2) is 10.0. The Morgan fingerprint density at radius 3 is 2.43 bits per heavy atom. The van der Waals surface area contributed by atoms with Gasteiger partial charge in [0.2, 0.25) is 12.6 Å². The lowest BCUT2D eigenvalue weighted by Crippen LogP contribution is -2.68. The van der Waals surface area contributed by atoms with Gasteiger partial charge in [-0.3, -0.25) is 4.90 Å². The maximum absolute atomic E-state index is 10.6. The van der Waals surface area contributed by atoms with Crippen molar-refractivity contribution in [2.45, 2.75) is 69.6 Å². The van der Waals surface area contributed by atoms with Crippen LogP contribution >= 0.6 is 0 Å². The van der Waals surface area contributed by atoms with Crippen LogP contribution < -0.4 is 5.32 Å². The molecule has 0 aromatic heterocycles. The predicted octanol–water partition coefficient (Wildman–Crippen LogP) is 4.09. The van der Waals surface area contributed by atoms with Crippen molar-refractivity contribution in [1.29, 1.82) is 0 Å². The third kappa shape index (κ3) is 4.33. The van der Waals surface area contributed by atoms with Gasteiger partial charge in [-0.25, -0.2) is 9.78 Å². The number of hydrogen-bond acceptors (Lipinski definition) is 8. The molecule has 5 aliphatic carbocycles. The molecule has 8 nitrogen and oxygen atoms in total. The number of rotatable bonds is 6.